The Bertz CT molecular complexity index is 715. The Labute approximate surface area is 179 Å². The molecule has 1 aromatic carbocycles. The van der Waals surface area contributed by atoms with Gasteiger partial charge in [-0.05, 0) is 37.0 Å². The van der Waals surface area contributed by atoms with Crippen LogP contribution in [0.25, 0.3) is 0 Å². The van der Waals surface area contributed by atoms with Crippen molar-refractivity contribution in [1.82, 2.24) is 9.62 Å². The number of nitrogens with one attached hydrogen (secondary N) is 1. The Morgan fingerprint density at radius 3 is 2.62 bits per heavy atom. The molecule has 4 unspecified atom stereocenters. The van der Waals surface area contributed by atoms with E-state index in [-0.39, 0.29) is 30.5 Å². The summed E-state index contributed by atoms with van der Waals surface area (Å²) in [7, 11) is 0. The van der Waals surface area contributed by atoms with Gasteiger partial charge < -0.3 is 19.3 Å². The van der Waals surface area contributed by atoms with E-state index in [1.54, 1.807) is 17.0 Å². The van der Waals surface area contributed by atoms with Crippen molar-refractivity contribution in [1.29, 1.82) is 0 Å². The van der Waals surface area contributed by atoms with Gasteiger partial charge in [0.1, 0.15) is 5.75 Å². The summed E-state index contributed by atoms with van der Waals surface area (Å²) in [5.41, 5.74) is 0.959. The highest BCUT2D eigenvalue weighted by atomic mass is 35.5. The van der Waals surface area contributed by atoms with Crippen LogP contribution in [0.5, 0.6) is 0 Å². The maximum Gasteiger partial charge on any atom is 0.304 e. The number of aliphatic carboxylic acids is 1. The van der Waals surface area contributed by atoms with Crippen LogP contribution in [0, 0.1) is 5.92 Å². The summed E-state index contributed by atoms with van der Waals surface area (Å²) in [5.74, 6) is -1.40. The standard InChI is InChI=1S/C20H27ClN2O5S/c1-2-17(12-29(27)22-16-10-28-11-16)23-18(13-3-6-15(21)7-4-13)8-5-14(20(23)26)9-19(24)25/h3-4,6-7,14,16-18,22H,2,5,8-12H2,1H3,(H,24,25). The van der Waals surface area contributed by atoms with Gasteiger partial charge in [0.15, 0.2) is 0 Å². The number of carbonyl (C=O) groups is 2. The molecule has 3 rings (SSSR count). The number of benzene rings is 1. The lowest BCUT2D eigenvalue weighted by Crippen LogP contribution is -2.55. The van der Waals surface area contributed by atoms with Crippen molar-refractivity contribution in [2.45, 2.75) is 50.7 Å². The van der Waals surface area contributed by atoms with Crippen molar-refractivity contribution >= 4 is 34.8 Å². The molecule has 29 heavy (non-hydrogen) atoms. The Morgan fingerprint density at radius 1 is 1.38 bits per heavy atom. The molecule has 2 aliphatic rings. The lowest BCUT2D eigenvalue weighted by molar-refractivity contribution is -0.150. The van der Waals surface area contributed by atoms with Gasteiger partial charge >= 0.3 is 5.97 Å². The third-order valence-electron chi connectivity index (χ3n) is 5.55. The van der Waals surface area contributed by atoms with Crippen molar-refractivity contribution in [3.05, 3.63) is 34.9 Å². The quantitative estimate of drug-likeness (QED) is 0.570. The number of piperidine rings is 1. The minimum Gasteiger partial charge on any atom is -0.598 e. The van der Waals surface area contributed by atoms with E-state index in [9.17, 15) is 19.2 Å². The average Bonchev–Trinajstić information content (AvgIpc) is 2.65. The Hall–Kier alpha value is -1.32. The first-order valence-corrected chi connectivity index (χ1v) is 11.6. The van der Waals surface area contributed by atoms with Gasteiger partial charge in [-0.15, -0.1) is 4.72 Å². The summed E-state index contributed by atoms with van der Waals surface area (Å²) in [5, 5.41) is 9.82. The number of carboxylic acid groups (broad SMARTS) is 1. The SMILES string of the molecule is CCC(C[S+]([O-])NC1COC1)N1C(=O)C(CC(=O)O)CCC1c1ccc(Cl)cc1. The molecule has 0 bridgehead atoms. The first-order valence-electron chi connectivity index (χ1n) is 9.90. The van der Waals surface area contributed by atoms with E-state index in [1.165, 1.54) is 0 Å². The molecule has 2 aliphatic heterocycles. The second-order valence-corrected chi connectivity index (χ2v) is 9.31. The molecule has 0 spiro atoms. The van der Waals surface area contributed by atoms with Gasteiger partial charge in [-0.3, -0.25) is 9.59 Å². The maximum absolute atomic E-state index is 13.3. The van der Waals surface area contributed by atoms with Crippen LogP contribution in [0.15, 0.2) is 24.3 Å². The molecule has 0 aromatic heterocycles. The van der Waals surface area contributed by atoms with Gasteiger partial charge in [-0.2, -0.15) is 0 Å². The van der Waals surface area contributed by atoms with E-state index < -0.39 is 23.2 Å². The molecular weight excluding hydrogens is 416 g/mol. The smallest absolute Gasteiger partial charge is 0.304 e. The molecule has 2 fully saturated rings. The summed E-state index contributed by atoms with van der Waals surface area (Å²) >= 11 is 4.71. The number of rotatable bonds is 9. The fourth-order valence-electron chi connectivity index (χ4n) is 3.94. The van der Waals surface area contributed by atoms with E-state index >= 15 is 0 Å². The maximum atomic E-state index is 13.3. The van der Waals surface area contributed by atoms with Gasteiger partial charge in [0.25, 0.3) is 0 Å². The number of hydrogen-bond donors (Lipinski definition) is 2. The lowest BCUT2D eigenvalue weighted by atomic mass is 9.85. The first-order chi connectivity index (χ1) is 13.9. The molecule has 7 nitrogen and oxygen atoms in total. The molecule has 2 saturated heterocycles. The topological polar surface area (TPSA) is 102 Å². The molecule has 160 valence electrons. The summed E-state index contributed by atoms with van der Waals surface area (Å²) in [4.78, 5) is 26.3. The van der Waals surface area contributed by atoms with E-state index in [1.807, 2.05) is 19.1 Å². The zero-order valence-corrected chi connectivity index (χ0v) is 18.0. The minimum atomic E-state index is -1.30. The summed E-state index contributed by atoms with van der Waals surface area (Å²) < 4.78 is 20.8. The molecule has 2 N–H and O–H groups in total. The number of carboxylic acids is 1. The third-order valence-corrected chi connectivity index (χ3v) is 7.08. The van der Waals surface area contributed by atoms with Gasteiger partial charge in [0.05, 0.1) is 37.8 Å². The second kappa shape index (κ2) is 10.1. The van der Waals surface area contributed by atoms with Crippen LogP contribution in [-0.4, -0.2) is 57.5 Å². The van der Waals surface area contributed by atoms with Gasteiger partial charge in [0, 0.05) is 22.3 Å². The Kier molecular flexibility index (Phi) is 7.81. The van der Waals surface area contributed by atoms with Crippen LogP contribution < -0.4 is 4.72 Å². The number of hydrogen-bond acceptors (Lipinski definition) is 5. The molecule has 0 saturated carbocycles. The van der Waals surface area contributed by atoms with Gasteiger partial charge in [0.2, 0.25) is 5.91 Å². The summed E-state index contributed by atoms with van der Waals surface area (Å²) in [6, 6.07) is 7.03. The second-order valence-electron chi connectivity index (χ2n) is 7.61. The number of nitrogens with zero attached hydrogens (tertiary/aromatic N) is 1. The zero-order chi connectivity index (χ0) is 21.0. The number of likely N-dealkylation sites (tertiary alicyclic amines) is 1. The predicted molar refractivity (Wildman–Crippen MR) is 111 cm³/mol. The normalized spacial score (nSPS) is 24.8. The van der Waals surface area contributed by atoms with E-state index in [2.05, 4.69) is 4.72 Å². The molecule has 9 heteroatoms. The van der Waals surface area contributed by atoms with E-state index in [0.29, 0.717) is 43.3 Å². The highest BCUT2D eigenvalue weighted by Crippen LogP contribution is 2.38. The Balaban J connectivity index is 1.81. The molecule has 4 atom stereocenters. The Morgan fingerprint density at radius 2 is 2.07 bits per heavy atom. The molecular formula is C20H27ClN2O5S. The van der Waals surface area contributed by atoms with Crippen LogP contribution in [0.3, 0.4) is 0 Å². The monoisotopic (exact) mass is 442 g/mol. The van der Waals surface area contributed by atoms with Crippen molar-refractivity contribution in [2.24, 2.45) is 5.92 Å². The van der Waals surface area contributed by atoms with Crippen LogP contribution in [-0.2, 0) is 25.7 Å². The summed E-state index contributed by atoms with van der Waals surface area (Å²) in [6.07, 6.45) is 1.63. The number of halogens is 1. The highest BCUT2D eigenvalue weighted by molar-refractivity contribution is 7.89. The number of ether oxygens (including phenoxy) is 1. The number of amides is 1. The molecule has 0 aliphatic carbocycles. The zero-order valence-electron chi connectivity index (χ0n) is 16.4. The van der Waals surface area contributed by atoms with Crippen LogP contribution in [0.2, 0.25) is 5.02 Å². The van der Waals surface area contributed by atoms with Crippen LogP contribution in [0.1, 0.15) is 44.2 Å². The third kappa shape index (κ3) is 5.64. The molecule has 2 heterocycles. The predicted octanol–water partition coefficient (Wildman–Crippen LogP) is 2.53. The fraction of sp³-hybridized carbons (Fsp3) is 0.600. The lowest BCUT2D eigenvalue weighted by Gasteiger charge is -2.43. The van der Waals surface area contributed by atoms with Crippen molar-refractivity contribution < 1.29 is 24.0 Å². The van der Waals surface area contributed by atoms with Crippen molar-refractivity contribution in [2.75, 3.05) is 19.0 Å². The molecule has 1 amide bonds. The van der Waals surface area contributed by atoms with Crippen molar-refractivity contribution in [3.63, 3.8) is 0 Å². The molecule has 0 radical (unpaired) electrons. The van der Waals surface area contributed by atoms with Crippen LogP contribution >= 0.6 is 11.6 Å². The largest absolute Gasteiger partial charge is 0.598 e. The highest BCUT2D eigenvalue weighted by Gasteiger charge is 2.41. The van der Waals surface area contributed by atoms with Crippen molar-refractivity contribution in [3.8, 4) is 0 Å². The van der Waals surface area contributed by atoms with E-state index in [0.717, 1.165) is 5.56 Å². The van der Waals surface area contributed by atoms with Gasteiger partial charge in [-0.25, -0.2) is 0 Å². The first kappa shape index (κ1) is 22.4. The van der Waals surface area contributed by atoms with Gasteiger partial charge in [-0.1, -0.05) is 30.7 Å². The number of carbonyl (C=O) groups excluding carboxylic acids is 1. The average molecular weight is 443 g/mol. The minimum absolute atomic E-state index is 0.0808. The van der Waals surface area contributed by atoms with E-state index in [4.69, 9.17) is 16.3 Å². The van der Waals surface area contributed by atoms with Crippen LogP contribution in [0.4, 0.5) is 0 Å². The molecule has 1 aromatic rings. The summed E-state index contributed by atoms with van der Waals surface area (Å²) in [6.45, 7) is 3.04. The fourth-order valence-corrected chi connectivity index (χ4v) is 5.42.